The van der Waals surface area contributed by atoms with Gasteiger partial charge < -0.3 is 19.7 Å². The Kier molecular flexibility index (Phi) is 8.71. The summed E-state index contributed by atoms with van der Waals surface area (Å²) >= 11 is 0. The molecule has 2 rings (SSSR count). The molecule has 0 atom stereocenters. The molecule has 1 saturated heterocycles. The van der Waals surface area contributed by atoms with Crippen molar-refractivity contribution in [2.24, 2.45) is 5.92 Å². The van der Waals surface area contributed by atoms with Crippen molar-refractivity contribution in [3.8, 4) is 5.75 Å². The molecule has 0 aromatic heterocycles. The van der Waals surface area contributed by atoms with Crippen molar-refractivity contribution in [1.29, 1.82) is 0 Å². The first-order chi connectivity index (χ1) is 12.6. The Balaban J connectivity index is 1.70. The van der Waals surface area contributed by atoms with Gasteiger partial charge in [0.25, 0.3) is 0 Å². The van der Waals surface area contributed by atoms with Crippen molar-refractivity contribution in [3.63, 3.8) is 0 Å². The number of nitrogens with one attached hydrogen (secondary N) is 1. The average Bonchev–Trinajstić information content (AvgIpc) is 2.87. The highest BCUT2D eigenvalue weighted by atomic mass is 16.5. The first-order valence-corrected chi connectivity index (χ1v) is 9.54. The van der Waals surface area contributed by atoms with Gasteiger partial charge in [-0.3, -0.25) is 4.90 Å². The van der Waals surface area contributed by atoms with Gasteiger partial charge in [0.1, 0.15) is 5.75 Å². The Hall–Kier alpha value is -1.79. The molecule has 6 nitrogen and oxygen atoms in total. The zero-order valence-electron chi connectivity index (χ0n) is 16.4. The molecular formula is C20H33N3O3. The molecule has 0 aliphatic carbocycles. The number of hydrogen-bond acceptors (Lipinski definition) is 4. The lowest BCUT2D eigenvalue weighted by atomic mass is 10.2. The smallest absolute Gasteiger partial charge is 0.317 e. The van der Waals surface area contributed by atoms with Gasteiger partial charge in [0.15, 0.2) is 0 Å². The molecule has 1 heterocycles. The maximum absolute atomic E-state index is 12.3. The maximum Gasteiger partial charge on any atom is 0.317 e. The normalized spacial score (nSPS) is 15.8. The molecule has 0 radical (unpaired) electrons. The van der Waals surface area contributed by atoms with Crippen LogP contribution in [0.25, 0.3) is 0 Å². The van der Waals surface area contributed by atoms with Crippen LogP contribution in [0, 0.1) is 5.92 Å². The Bertz CT molecular complexity index is 534. The van der Waals surface area contributed by atoms with Gasteiger partial charge in [0.2, 0.25) is 0 Å². The van der Waals surface area contributed by atoms with E-state index in [2.05, 4.69) is 36.2 Å². The molecule has 146 valence electrons. The zero-order chi connectivity index (χ0) is 18.8. The lowest BCUT2D eigenvalue weighted by molar-refractivity contribution is 0.111. The minimum Gasteiger partial charge on any atom is -0.497 e. The van der Waals surface area contributed by atoms with Crippen LogP contribution < -0.4 is 10.1 Å². The summed E-state index contributed by atoms with van der Waals surface area (Å²) in [6, 6.07) is 8.21. The molecule has 6 heteroatoms. The molecule has 0 spiro atoms. The summed E-state index contributed by atoms with van der Waals surface area (Å²) in [4.78, 5) is 16.6. The van der Waals surface area contributed by atoms with Crippen LogP contribution in [0.3, 0.4) is 0 Å². The van der Waals surface area contributed by atoms with E-state index in [0.717, 1.165) is 51.5 Å². The van der Waals surface area contributed by atoms with Gasteiger partial charge in [-0.25, -0.2) is 4.79 Å². The standard InChI is InChI=1S/C20H33N3O3/c1-17(2)16-26-14-9-21-20(24)23-11-4-10-22(12-13-23)15-18-5-7-19(25-3)8-6-18/h5-8,17H,4,9-16H2,1-3H3,(H,21,24). The molecule has 1 aliphatic heterocycles. The molecule has 1 fully saturated rings. The average molecular weight is 364 g/mol. The summed E-state index contributed by atoms with van der Waals surface area (Å²) in [6.45, 7) is 10.5. The Morgan fingerprint density at radius 1 is 1.15 bits per heavy atom. The van der Waals surface area contributed by atoms with E-state index in [9.17, 15) is 4.79 Å². The van der Waals surface area contributed by atoms with Crippen LogP contribution in [0.2, 0.25) is 0 Å². The quantitative estimate of drug-likeness (QED) is 0.722. The number of ether oxygens (including phenoxy) is 2. The van der Waals surface area contributed by atoms with Crippen LogP contribution in [0.5, 0.6) is 5.75 Å². The van der Waals surface area contributed by atoms with Crippen LogP contribution in [-0.2, 0) is 11.3 Å². The highest BCUT2D eigenvalue weighted by molar-refractivity contribution is 5.74. The molecule has 1 aliphatic rings. The first kappa shape index (κ1) is 20.5. The number of hydrogen-bond donors (Lipinski definition) is 1. The van der Waals surface area contributed by atoms with Crippen LogP contribution in [0.1, 0.15) is 25.8 Å². The van der Waals surface area contributed by atoms with E-state index < -0.39 is 0 Å². The van der Waals surface area contributed by atoms with Gasteiger partial charge >= 0.3 is 6.03 Å². The van der Waals surface area contributed by atoms with Crippen molar-refractivity contribution < 1.29 is 14.3 Å². The van der Waals surface area contributed by atoms with Crippen LogP contribution >= 0.6 is 0 Å². The Morgan fingerprint density at radius 2 is 1.92 bits per heavy atom. The monoisotopic (exact) mass is 363 g/mol. The largest absolute Gasteiger partial charge is 0.497 e. The molecular weight excluding hydrogens is 330 g/mol. The maximum atomic E-state index is 12.3. The third-order valence-electron chi connectivity index (χ3n) is 4.41. The van der Waals surface area contributed by atoms with E-state index >= 15 is 0 Å². The number of benzene rings is 1. The van der Waals surface area contributed by atoms with Crippen molar-refractivity contribution in [1.82, 2.24) is 15.1 Å². The molecule has 26 heavy (non-hydrogen) atoms. The van der Waals surface area contributed by atoms with Crippen molar-refractivity contribution >= 4 is 6.03 Å². The van der Waals surface area contributed by atoms with Gasteiger partial charge in [-0.1, -0.05) is 26.0 Å². The van der Waals surface area contributed by atoms with Gasteiger partial charge in [0, 0.05) is 45.9 Å². The van der Waals surface area contributed by atoms with Crippen LogP contribution in [0.15, 0.2) is 24.3 Å². The van der Waals surface area contributed by atoms with E-state index in [-0.39, 0.29) is 6.03 Å². The molecule has 0 bridgehead atoms. The number of amides is 2. The number of carbonyl (C=O) groups excluding carboxylic acids is 1. The number of carbonyl (C=O) groups is 1. The highest BCUT2D eigenvalue weighted by Crippen LogP contribution is 2.14. The van der Waals surface area contributed by atoms with E-state index in [4.69, 9.17) is 9.47 Å². The lowest BCUT2D eigenvalue weighted by Crippen LogP contribution is -2.43. The van der Waals surface area contributed by atoms with E-state index in [1.165, 1.54) is 5.56 Å². The van der Waals surface area contributed by atoms with Gasteiger partial charge in [-0.05, 0) is 30.0 Å². The molecule has 1 aromatic carbocycles. The fraction of sp³-hybridized carbons (Fsp3) is 0.650. The minimum atomic E-state index is 0.0180. The van der Waals surface area contributed by atoms with Crippen LogP contribution in [-0.4, -0.2) is 68.9 Å². The predicted octanol–water partition coefficient (Wildman–Crippen LogP) is 2.59. The van der Waals surface area contributed by atoms with Crippen molar-refractivity contribution in [2.45, 2.75) is 26.8 Å². The van der Waals surface area contributed by atoms with Crippen molar-refractivity contribution in [3.05, 3.63) is 29.8 Å². The topological polar surface area (TPSA) is 54.0 Å². The number of rotatable bonds is 8. The second-order valence-electron chi connectivity index (χ2n) is 7.17. The SMILES string of the molecule is COc1ccc(CN2CCCN(C(=O)NCCOCC(C)C)CC2)cc1. The second kappa shape index (κ2) is 11.0. The van der Waals surface area contributed by atoms with E-state index in [1.54, 1.807) is 7.11 Å². The third-order valence-corrected chi connectivity index (χ3v) is 4.41. The van der Waals surface area contributed by atoms with Gasteiger partial charge in [0.05, 0.1) is 13.7 Å². The molecule has 2 amide bonds. The Morgan fingerprint density at radius 3 is 2.62 bits per heavy atom. The summed E-state index contributed by atoms with van der Waals surface area (Å²) in [5.41, 5.74) is 1.27. The molecule has 1 N–H and O–H groups in total. The second-order valence-corrected chi connectivity index (χ2v) is 7.17. The third kappa shape index (κ3) is 7.22. The molecule has 0 unspecified atom stereocenters. The number of urea groups is 1. The number of nitrogens with zero attached hydrogens (tertiary/aromatic N) is 2. The highest BCUT2D eigenvalue weighted by Gasteiger charge is 2.18. The Labute approximate surface area is 157 Å². The fourth-order valence-corrected chi connectivity index (χ4v) is 2.98. The molecule has 1 aromatic rings. The van der Waals surface area contributed by atoms with Gasteiger partial charge in [-0.15, -0.1) is 0 Å². The summed E-state index contributed by atoms with van der Waals surface area (Å²) in [6.07, 6.45) is 0.993. The molecule has 0 saturated carbocycles. The number of methoxy groups -OCH3 is 1. The van der Waals surface area contributed by atoms with E-state index in [0.29, 0.717) is 19.1 Å². The fourth-order valence-electron chi connectivity index (χ4n) is 2.98. The van der Waals surface area contributed by atoms with Gasteiger partial charge in [-0.2, -0.15) is 0 Å². The summed E-state index contributed by atoms with van der Waals surface area (Å²) in [5.74, 6) is 1.40. The van der Waals surface area contributed by atoms with E-state index in [1.807, 2.05) is 17.0 Å². The predicted molar refractivity (Wildman–Crippen MR) is 104 cm³/mol. The first-order valence-electron chi connectivity index (χ1n) is 9.54. The lowest BCUT2D eigenvalue weighted by Gasteiger charge is -2.22. The van der Waals surface area contributed by atoms with Crippen molar-refractivity contribution in [2.75, 3.05) is 53.0 Å². The summed E-state index contributed by atoms with van der Waals surface area (Å²) < 4.78 is 10.7. The zero-order valence-corrected chi connectivity index (χ0v) is 16.4. The van der Waals surface area contributed by atoms with Crippen LogP contribution in [0.4, 0.5) is 4.79 Å². The summed E-state index contributed by atoms with van der Waals surface area (Å²) in [7, 11) is 1.68. The summed E-state index contributed by atoms with van der Waals surface area (Å²) in [5, 5.41) is 2.96. The minimum absolute atomic E-state index is 0.0180.